The van der Waals surface area contributed by atoms with E-state index in [2.05, 4.69) is 45.3 Å². The van der Waals surface area contributed by atoms with Crippen LogP contribution in [0.2, 0.25) is 0 Å². The SMILES string of the molecule is CC(C)(C)c1cc(NC(=O)Nc2ccc(NC(=O)c3ccc(OC(C)(C)C4CCNCC4)cn3)cc2)on1.CS(=O)(=O)O. The summed E-state index contributed by atoms with van der Waals surface area (Å²) in [7, 11) is -3.67. The summed E-state index contributed by atoms with van der Waals surface area (Å²) in [6, 6.07) is 11.4. The lowest BCUT2D eigenvalue weighted by Gasteiger charge is -2.37. The number of hydrogen-bond acceptors (Lipinski definition) is 9. The van der Waals surface area contributed by atoms with Crippen LogP contribution in [-0.4, -0.2) is 60.0 Å². The number of piperidine rings is 1. The van der Waals surface area contributed by atoms with E-state index in [1.165, 1.54) is 0 Å². The normalized spacial score (nSPS) is 14.2. The zero-order valence-corrected chi connectivity index (χ0v) is 26.0. The van der Waals surface area contributed by atoms with Crippen molar-refractivity contribution in [2.75, 3.05) is 35.3 Å². The molecule has 0 spiro atoms. The van der Waals surface area contributed by atoms with Crippen molar-refractivity contribution in [3.8, 4) is 5.75 Å². The number of rotatable bonds is 7. The molecule has 3 heterocycles. The van der Waals surface area contributed by atoms with E-state index in [1.807, 2.05) is 20.8 Å². The van der Waals surface area contributed by atoms with Crippen LogP contribution in [0.25, 0.3) is 0 Å². The Morgan fingerprint density at radius 1 is 0.977 bits per heavy atom. The largest absolute Gasteiger partial charge is 0.486 e. The molecule has 2 aromatic heterocycles. The maximum Gasteiger partial charge on any atom is 0.326 e. The molecule has 3 aromatic rings. The Bertz CT molecular complexity index is 1470. The number of aromatic nitrogens is 2. The van der Waals surface area contributed by atoms with E-state index in [9.17, 15) is 18.0 Å². The number of carbonyl (C=O) groups excluding carboxylic acids is 2. The van der Waals surface area contributed by atoms with Crippen LogP contribution >= 0.6 is 0 Å². The molecule has 1 aliphatic heterocycles. The summed E-state index contributed by atoms with van der Waals surface area (Å²) in [4.78, 5) is 29.3. The number of benzene rings is 1. The molecule has 5 N–H and O–H groups in total. The Morgan fingerprint density at radius 3 is 2.07 bits per heavy atom. The molecule has 14 heteroatoms. The second-order valence-corrected chi connectivity index (χ2v) is 13.2. The van der Waals surface area contributed by atoms with Gasteiger partial charge in [-0.1, -0.05) is 25.9 Å². The van der Waals surface area contributed by atoms with Gasteiger partial charge in [0, 0.05) is 28.8 Å². The summed E-state index contributed by atoms with van der Waals surface area (Å²) in [6.45, 7) is 12.2. The first kappa shape index (κ1) is 33.5. The van der Waals surface area contributed by atoms with Crippen LogP contribution < -0.4 is 26.0 Å². The maximum absolute atomic E-state index is 12.7. The van der Waals surface area contributed by atoms with Crippen LogP contribution in [0.15, 0.2) is 53.2 Å². The van der Waals surface area contributed by atoms with Crippen molar-refractivity contribution < 1.29 is 31.8 Å². The quantitative estimate of drug-likeness (QED) is 0.228. The van der Waals surface area contributed by atoms with Gasteiger partial charge in [-0.05, 0) is 76.2 Å². The zero-order chi connectivity index (χ0) is 31.8. The second kappa shape index (κ2) is 14.0. The predicted molar refractivity (Wildman–Crippen MR) is 164 cm³/mol. The Labute approximate surface area is 251 Å². The molecule has 1 aliphatic rings. The van der Waals surface area contributed by atoms with Gasteiger partial charge in [-0.2, -0.15) is 8.42 Å². The van der Waals surface area contributed by atoms with Crippen LogP contribution in [0.4, 0.5) is 22.1 Å². The van der Waals surface area contributed by atoms with Gasteiger partial charge in [-0.25, -0.2) is 9.78 Å². The molecule has 1 fully saturated rings. The minimum absolute atomic E-state index is 0.185. The monoisotopic (exact) mass is 616 g/mol. The van der Waals surface area contributed by atoms with Gasteiger partial charge in [0.25, 0.3) is 16.0 Å². The molecular formula is C29H40N6O7S. The van der Waals surface area contributed by atoms with E-state index in [-0.39, 0.29) is 28.5 Å². The molecule has 3 amide bonds. The molecule has 0 atom stereocenters. The average Bonchev–Trinajstić information content (AvgIpc) is 3.39. The summed E-state index contributed by atoms with van der Waals surface area (Å²) < 4.78 is 37.3. The van der Waals surface area contributed by atoms with Gasteiger partial charge in [0.1, 0.15) is 17.0 Å². The molecular weight excluding hydrogens is 576 g/mol. The van der Waals surface area contributed by atoms with Gasteiger partial charge in [0.2, 0.25) is 5.88 Å². The van der Waals surface area contributed by atoms with Gasteiger partial charge in [0.05, 0.1) is 18.1 Å². The highest BCUT2D eigenvalue weighted by Crippen LogP contribution is 2.30. The number of carbonyl (C=O) groups is 2. The van der Waals surface area contributed by atoms with Gasteiger partial charge in [0.15, 0.2) is 0 Å². The number of ether oxygens (including phenoxy) is 1. The Balaban J connectivity index is 0.000000934. The third-order valence-electron chi connectivity index (χ3n) is 6.59. The predicted octanol–water partition coefficient (Wildman–Crippen LogP) is 4.92. The Kier molecular flexibility index (Phi) is 10.9. The summed E-state index contributed by atoms with van der Waals surface area (Å²) in [5.74, 6) is 1.01. The number of amides is 3. The molecule has 4 rings (SSSR count). The molecule has 234 valence electrons. The van der Waals surface area contributed by atoms with Gasteiger partial charge < -0.3 is 25.2 Å². The highest BCUT2D eigenvalue weighted by atomic mass is 32.2. The third-order valence-corrected chi connectivity index (χ3v) is 6.59. The highest BCUT2D eigenvalue weighted by molar-refractivity contribution is 7.85. The van der Waals surface area contributed by atoms with E-state index in [0.717, 1.165) is 31.6 Å². The van der Waals surface area contributed by atoms with Crippen molar-refractivity contribution in [1.29, 1.82) is 0 Å². The Morgan fingerprint density at radius 2 is 1.56 bits per heavy atom. The van der Waals surface area contributed by atoms with Crippen molar-refractivity contribution in [2.45, 2.75) is 58.5 Å². The van der Waals surface area contributed by atoms with E-state index in [4.69, 9.17) is 13.8 Å². The molecule has 0 radical (unpaired) electrons. The summed E-state index contributed by atoms with van der Waals surface area (Å²) >= 11 is 0. The highest BCUT2D eigenvalue weighted by Gasteiger charge is 2.32. The first-order valence-electron chi connectivity index (χ1n) is 13.7. The number of nitrogens with zero attached hydrogens (tertiary/aromatic N) is 2. The van der Waals surface area contributed by atoms with Crippen molar-refractivity contribution in [3.63, 3.8) is 0 Å². The zero-order valence-electron chi connectivity index (χ0n) is 25.2. The fourth-order valence-corrected chi connectivity index (χ4v) is 4.27. The minimum Gasteiger partial charge on any atom is -0.486 e. The van der Waals surface area contributed by atoms with E-state index in [0.29, 0.717) is 29.3 Å². The van der Waals surface area contributed by atoms with Crippen LogP contribution in [0.1, 0.15) is 63.6 Å². The van der Waals surface area contributed by atoms with Crippen molar-refractivity contribution >= 4 is 39.3 Å². The number of anilines is 3. The van der Waals surface area contributed by atoms with Crippen LogP contribution in [0.5, 0.6) is 5.75 Å². The summed E-state index contributed by atoms with van der Waals surface area (Å²) in [5, 5.41) is 15.5. The topological polar surface area (TPSA) is 185 Å². The Hall–Kier alpha value is -4.01. The van der Waals surface area contributed by atoms with E-state index < -0.39 is 16.1 Å². The maximum atomic E-state index is 12.7. The van der Waals surface area contributed by atoms with Gasteiger partial charge in [-0.3, -0.25) is 14.7 Å². The summed E-state index contributed by atoms with van der Waals surface area (Å²) in [5.41, 5.74) is 1.64. The third kappa shape index (κ3) is 11.3. The van der Waals surface area contributed by atoms with E-state index in [1.54, 1.807) is 48.7 Å². The lowest BCUT2D eigenvalue weighted by molar-refractivity contribution is 0.0282. The first-order chi connectivity index (χ1) is 20.0. The van der Waals surface area contributed by atoms with Gasteiger partial charge >= 0.3 is 6.03 Å². The molecule has 0 bridgehead atoms. The molecule has 0 unspecified atom stereocenters. The lowest BCUT2D eigenvalue weighted by atomic mass is 9.83. The second-order valence-electron chi connectivity index (χ2n) is 11.8. The van der Waals surface area contributed by atoms with Crippen molar-refractivity contribution in [1.82, 2.24) is 15.5 Å². The molecule has 13 nitrogen and oxygen atoms in total. The number of nitrogens with one attached hydrogen (secondary N) is 4. The van der Waals surface area contributed by atoms with Crippen LogP contribution in [0.3, 0.4) is 0 Å². The van der Waals surface area contributed by atoms with Crippen molar-refractivity contribution in [2.24, 2.45) is 5.92 Å². The first-order valence-corrected chi connectivity index (χ1v) is 15.6. The molecule has 43 heavy (non-hydrogen) atoms. The average molecular weight is 617 g/mol. The molecule has 0 aliphatic carbocycles. The van der Waals surface area contributed by atoms with Crippen LogP contribution in [-0.2, 0) is 15.5 Å². The molecule has 0 saturated carbocycles. The van der Waals surface area contributed by atoms with Gasteiger partial charge in [-0.15, -0.1) is 0 Å². The van der Waals surface area contributed by atoms with E-state index >= 15 is 0 Å². The minimum atomic E-state index is -3.67. The summed E-state index contributed by atoms with van der Waals surface area (Å²) in [6.07, 6.45) is 4.44. The standard InChI is InChI=1S/C28H36N6O4.CH4O3S/c1-27(2,3)23-16-24(38-34-23)33-26(36)32-20-8-6-19(7-9-20)31-25(35)22-11-10-21(17-30-22)37-28(4,5)18-12-14-29-15-13-18;1-5(2,3)4/h6-11,16-18,29H,12-15H2,1-5H3,(H,31,35)(H2,32,33,36);1H3,(H,2,3,4). The molecule has 1 aromatic carbocycles. The number of hydrogen-bond donors (Lipinski definition) is 5. The number of pyridine rings is 1. The fourth-order valence-electron chi connectivity index (χ4n) is 4.27. The number of urea groups is 1. The van der Waals surface area contributed by atoms with Crippen molar-refractivity contribution in [3.05, 3.63) is 60.0 Å². The lowest BCUT2D eigenvalue weighted by Crippen LogP contribution is -2.43. The smallest absolute Gasteiger partial charge is 0.326 e. The fraction of sp³-hybridized carbons (Fsp3) is 0.448. The van der Waals surface area contributed by atoms with Crippen LogP contribution in [0, 0.1) is 5.92 Å². The molecule has 1 saturated heterocycles.